The fourth-order valence-electron chi connectivity index (χ4n) is 2.24. The molecule has 6 heteroatoms. The van der Waals surface area contributed by atoms with Crippen molar-refractivity contribution in [3.05, 3.63) is 22.6 Å². The summed E-state index contributed by atoms with van der Waals surface area (Å²) in [6.45, 7) is 1.54. The standard InChI is InChI=1S/C12H17BrN2O2S/c1-14(2)8-6-15(7-10(8)18-3)12(16)9-4-5-11(13)17-9/h4-5,8,10H,6-7H2,1-3H3/t8-,10-/m0/s1. The predicted molar refractivity (Wildman–Crippen MR) is 77.1 cm³/mol. The van der Waals surface area contributed by atoms with Gasteiger partial charge in [0, 0.05) is 24.4 Å². The summed E-state index contributed by atoms with van der Waals surface area (Å²) in [5, 5.41) is 0.461. The largest absolute Gasteiger partial charge is 0.444 e. The minimum atomic E-state index is -0.0240. The van der Waals surface area contributed by atoms with E-state index in [-0.39, 0.29) is 5.91 Å². The van der Waals surface area contributed by atoms with Gasteiger partial charge in [-0.15, -0.1) is 0 Å². The highest BCUT2D eigenvalue weighted by Gasteiger charge is 2.37. The van der Waals surface area contributed by atoms with Gasteiger partial charge < -0.3 is 14.2 Å². The van der Waals surface area contributed by atoms with E-state index in [0.29, 0.717) is 21.7 Å². The minimum absolute atomic E-state index is 0.0240. The Bertz CT molecular complexity index is 435. The first-order valence-electron chi connectivity index (χ1n) is 5.76. The first-order chi connectivity index (χ1) is 8.52. The van der Waals surface area contributed by atoms with E-state index in [1.807, 2.05) is 16.7 Å². The van der Waals surface area contributed by atoms with Crippen molar-refractivity contribution in [2.24, 2.45) is 0 Å². The predicted octanol–water partition coefficient (Wildman–Crippen LogP) is 2.16. The number of carbonyl (C=O) groups is 1. The Kier molecular flexibility index (Phi) is 4.40. The number of halogens is 1. The van der Waals surface area contributed by atoms with Crippen molar-refractivity contribution in [1.82, 2.24) is 9.80 Å². The number of likely N-dealkylation sites (tertiary alicyclic amines) is 1. The van der Waals surface area contributed by atoms with Gasteiger partial charge in [0.15, 0.2) is 10.4 Å². The van der Waals surface area contributed by atoms with Crippen LogP contribution in [0.25, 0.3) is 0 Å². The molecule has 2 rings (SSSR count). The maximum Gasteiger partial charge on any atom is 0.289 e. The van der Waals surface area contributed by atoms with Crippen molar-refractivity contribution >= 4 is 33.6 Å². The molecule has 1 aromatic heterocycles. The Hall–Kier alpha value is -0.460. The fourth-order valence-corrected chi connectivity index (χ4v) is 3.51. The summed E-state index contributed by atoms with van der Waals surface area (Å²) in [6, 6.07) is 3.87. The summed E-state index contributed by atoms with van der Waals surface area (Å²) in [5.74, 6) is 0.380. The number of likely N-dealkylation sites (N-methyl/N-ethyl adjacent to an activating group) is 1. The molecular weight excluding hydrogens is 316 g/mol. The maximum absolute atomic E-state index is 12.3. The van der Waals surface area contributed by atoms with Crippen molar-refractivity contribution in [3.8, 4) is 0 Å². The number of hydrogen-bond acceptors (Lipinski definition) is 4. The van der Waals surface area contributed by atoms with Crippen LogP contribution in [0.2, 0.25) is 0 Å². The van der Waals surface area contributed by atoms with Crippen LogP contribution in [-0.2, 0) is 0 Å². The van der Waals surface area contributed by atoms with Crippen LogP contribution in [0.4, 0.5) is 0 Å². The molecule has 0 radical (unpaired) electrons. The van der Waals surface area contributed by atoms with Crippen LogP contribution in [0.5, 0.6) is 0 Å². The zero-order chi connectivity index (χ0) is 13.3. The van der Waals surface area contributed by atoms with Crippen LogP contribution in [0.15, 0.2) is 21.2 Å². The average molecular weight is 333 g/mol. The van der Waals surface area contributed by atoms with E-state index in [0.717, 1.165) is 13.1 Å². The average Bonchev–Trinajstić information content (AvgIpc) is 2.93. The van der Waals surface area contributed by atoms with Crippen LogP contribution >= 0.6 is 27.7 Å². The molecule has 1 fully saturated rings. The monoisotopic (exact) mass is 332 g/mol. The van der Waals surface area contributed by atoms with E-state index in [1.165, 1.54) is 0 Å². The highest BCUT2D eigenvalue weighted by atomic mass is 79.9. The molecule has 4 nitrogen and oxygen atoms in total. The van der Waals surface area contributed by atoms with Gasteiger partial charge in [0.2, 0.25) is 0 Å². The van der Waals surface area contributed by atoms with E-state index in [9.17, 15) is 4.79 Å². The van der Waals surface area contributed by atoms with Gasteiger partial charge in [0.05, 0.1) is 0 Å². The molecule has 18 heavy (non-hydrogen) atoms. The van der Waals surface area contributed by atoms with Gasteiger partial charge in [0.25, 0.3) is 5.91 Å². The quantitative estimate of drug-likeness (QED) is 0.849. The molecule has 0 spiro atoms. The summed E-state index contributed by atoms with van der Waals surface area (Å²) >= 11 is 5.03. The lowest BCUT2D eigenvalue weighted by Crippen LogP contribution is -2.37. The van der Waals surface area contributed by atoms with Gasteiger partial charge in [-0.05, 0) is 48.4 Å². The molecule has 1 aromatic rings. The zero-order valence-electron chi connectivity index (χ0n) is 10.7. The second-order valence-corrected chi connectivity index (χ2v) is 6.48. The van der Waals surface area contributed by atoms with Gasteiger partial charge in [0.1, 0.15) is 0 Å². The molecule has 1 aliphatic rings. The molecule has 0 N–H and O–H groups in total. The smallest absolute Gasteiger partial charge is 0.289 e. The van der Waals surface area contributed by atoms with Crippen LogP contribution in [0.1, 0.15) is 10.6 Å². The topological polar surface area (TPSA) is 36.7 Å². The maximum atomic E-state index is 12.3. The van der Waals surface area contributed by atoms with Crippen LogP contribution in [0, 0.1) is 0 Å². The Morgan fingerprint density at radius 2 is 2.22 bits per heavy atom. The molecule has 1 saturated heterocycles. The van der Waals surface area contributed by atoms with Crippen molar-refractivity contribution in [3.63, 3.8) is 0 Å². The summed E-state index contributed by atoms with van der Waals surface area (Å²) in [4.78, 5) is 16.3. The third kappa shape index (κ3) is 2.75. The number of hydrogen-bond donors (Lipinski definition) is 0. The van der Waals surface area contributed by atoms with Gasteiger partial charge in [-0.25, -0.2) is 0 Å². The Morgan fingerprint density at radius 3 is 2.67 bits per heavy atom. The number of rotatable bonds is 3. The molecule has 1 amide bonds. The van der Waals surface area contributed by atoms with E-state index in [4.69, 9.17) is 4.42 Å². The third-order valence-corrected chi connectivity index (χ3v) is 4.77. The molecule has 2 heterocycles. The zero-order valence-corrected chi connectivity index (χ0v) is 13.1. The second kappa shape index (κ2) is 5.67. The van der Waals surface area contributed by atoms with E-state index >= 15 is 0 Å². The summed E-state index contributed by atoms with van der Waals surface area (Å²) in [6.07, 6.45) is 2.10. The number of nitrogens with zero attached hydrogens (tertiary/aromatic N) is 2. The lowest BCUT2D eigenvalue weighted by Gasteiger charge is -2.23. The van der Waals surface area contributed by atoms with Crippen molar-refractivity contribution in [1.29, 1.82) is 0 Å². The van der Waals surface area contributed by atoms with Gasteiger partial charge >= 0.3 is 0 Å². The van der Waals surface area contributed by atoms with Crippen LogP contribution in [0.3, 0.4) is 0 Å². The number of amides is 1. The minimum Gasteiger partial charge on any atom is -0.444 e. The molecule has 0 aliphatic carbocycles. The second-order valence-electron chi connectivity index (χ2n) is 4.62. The highest BCUT2D eigenvalue weighted by Crippen LogP contribution is 2.26. The van der Waals surface area contributed by atoms with Gasteiger partial charge in [-0.1, -0.05) is 0 Å². The van der Waals surface area contributed by atoms with E-state index < -0.39 is 0 Å². The Labute approximate surface area is 120 Å². The molecular formula is C12H17BrN2O2S. The highest BCUT2D eigenvalue weighted by molar-refractivity contribution is 9.10. The SMILES string of the molecule is CS[C@H]1CN(C(=O)c2ccc(Br)o2)C[C@@H]1N(C)C. The molecule has 100 valence electrons. The molecule has 0 unspecified atom stereocenters. The van der Waals surface area contributed by atoms with Gasteiger partial charge in [-0.3, -0.25) is 4.79 Å². The van der Waals surface area contributed by atoms with Gasteiger partial charge in [-0.2, -0.15) is 11.8 Å². The summed E-state index contributed by atoms with van der Waals surface area (Å²) < 4.78 is 5.92. The Morgan fingerprint density at radius 1 is 1.50 bits per heavy atom. The lowest BCUT2D eigenvalue weighted by atomic mass is 10.2. The molecule has 2 atom stereocenters. The third-order valence-electron chi connectivity index (χ3n) is 3.27. The fraction of sp³-hybridized carbons (Fsp3) is 0.583. The molecule has 1 aliphatic heterocycles. The first kappa shape index (κ1) is 14.0. The summed E-state index contributed by atoms with van der Waals surface area (Å²) in [5.41, 5.74) is 0. The van der Waals surface area contributed by atoms with Crippen molar-refractivity contribution in [2.45, 2.75) is 11.3 Å². The molecule has 0 bridgehead atoms. The van der Waals surface area contributed by atoms with Crippen molar-refractivity contribution in [2.75, 3.05) is 33.4 Å². The molecule has 0 aromatic carbocycles. The van der Waals surface area contributed by atoms with Crippen LogP contribution in [-0.4, -0.2) is 60.4 Å². The van der Waals surface area contributed by atoms with Crippen LogP contribution < -0.4 is 0 Å². The summed E-state index contributed by atoms with van der Waals surface area (Å²) in [7, 11) is 4.12. The van der Waals surface area contributed by atoms with E-state index in [1.54, 1.807) is 12.1 Å². The Balaban J connectivity index is 2.09. The number of furan rings is 1. The molecule has 0 saturated carbocycles. The normalized spacial score (nSPS) is 23.9. The van der Waals surface area contributed by atoms with E-state index in [2.05, 4.69) is 41.2 Å². The number of thioether (sulfide) groups is 1. The van der Waals surface area contributed by atoms with Crippen molar-refractivity contribution < 1.29 is 9.21 Å². The first-order valence-corrected chi connectivity index (χ1v) is 7.85. The number of carbonyl (C=O) groups excluding carboxylic acids is 1. The lowest BCUT2D eigenvalue weighted by molar-refractivity contribution is 0.0750.